The van der Waals surface area contributed by atoms with Crippen molar-refractivity contribution in [3.05, 3.63) is 12.7 Å². The standard InChI is InChI=1S/C8H10N/c1-4-5-6-7-9-8(2)3/h4,7H,1H2,2-3H3/q+1. The predicted octanol–water partition coefficient (Wildman–Crippen LogP) is 0.795. The Kier molecular flexibility index (Phi) is 4.22. The van der Waals surface area contributed by atoms with Crippen LogP contribution in [0.4, 0.5) is 0 Å². The van der Waals surface area contributed by atoms with Gasteiger partial charge in [-0.15, -0.1) is 0 Å². The first-order chi connectivity index (χ1) is 4.27. The summed E-state index contributed by atoms with van der Waals surface area (Å²) < 4.78 is 3.93. The van der Waals surface area contributed by atoms with Crippen molar-refractivity contribution in [1.29, 1.82) is 0 Å². The highest BCUT2D eigenvalue weighted by Gasteiger charge is 1.80. The molecule has 0 aromatic heterocycles. The third-order valence-electron chi connectivity index (χ3n) is 0.573. The van der Waals surface area contributed by atoms with Crippen LogP contribution in [0.15, 0.2) is 12.7 Å². The molecule has 9 heavy (non-hydrogen) atoms. The summed E-state index contributed by atoms with van der Waals surface area (Å²) in [4.78, 5) is 0. The van der Waals surface area contributed by atoms with E-state index in [1.165, 1.54) is 6.08 Å². The van der Waals surface area contributed by atoms with E-state index in [0.717, 1.165) is 5.71 Å². The van der Waals surface area contributed by atoms with E-state index in [1.807, 2.05) is 13.8 Å². The lowest BCUT2D eigenvalue weighted by Crippen LogP contribution is -1.86. The molecule has 0 saturated carbocycles. The molecule has 0 saturated heterocycles. The van der Waals surface area contributed by atoms with Crippen molar-refractivity contribution in [3.63, 3.8) is 0 Å². The summed E-state index contributed by atoms with van der Waals surface area (Å²) in [6, 6.07) is 0. The highest BCUT2D eigenvalue weighted by molar-refractivity contribution is 5.86. The molecule has 46 valence electrons. The first kappa shape index (κ1) is 7.75. The van der Waals surface area contributed by atoms with Gasteiger partial charge in [0.05, 0.1) is 0 Å². The lowest BCUT2D eigenvalue weighted by atomic mass is 10.5. The van der Waals surface area contributed by atoms with Crippen LogP contribution in [0.2, 0.25) is 0 Å². The van der Waals surface area contributed by atoms with E-state index in [9.17, 15) is 0 Å². The average Bonchev–Trinajstić information content (AvgIpc) is 1.80. The summed E-state index contributed by atoms with van der Waals surface area (Å²) in [5.74, 6) is 5.34. The second kappa shape index (κ2) is 4.90. The summed E-state index contributed by atoms with van der Waals surface area (Å²) in [7, 11) is 0. The van der Waals surface area contributed by atoms with E-state index in [2.05, 4.69) is 23.1 Å². The van der Waals surface area contributed by atoms with E-state index < -0.39 is 0 Å². The highest BCUT2D eigenvalue weighted by Crippen LogP contribution is 1.54. The number of hydrogen-bond acceptors (Lipinski definition) is 0. The summed E-state index contributed by atoms with van der Waals surface area (Å²) in [6.45, 7) is 7.28. The van der Waals surface area contributed by atoms with Crippen LogP contribution >= 0.6 is 0 Å². The molecule has 1 heteroatoms. The molecule has 0 amide bonds. The van der Waals surface area contributed by atoms with Gasteiger partial charge >= 0.3 is 6.21 Å². The molecule has 0 radical (unpaired) electrons. The van der Waals surface area contributed by atoms with Crippen LogP contribution in [0.25, 0.3) is 0 Å². The lowest BCUT2D eigenvalue weighted by Gasteiger charge is -1.54. The molecule has 0 aliphatic carbocycles. The Hall–Kier alpha value is -1.25. The van der Waals surface area contributed by atoms with Gasteiger partial charge in [0.2, 0.25) is 0 Å². The van der Waals surface area contributed by atoms with Crippen LogP contribution in [-0.2, 0) is 0 Å². The molecule has 0 fully saturated rings. The first-order valence-electron chi connectivity index (χ1n) is 2.72. The third kappa shape index (κ3) is 6.75. The fourth-order valence-electron chi connectivity index (χ4n) is 0.258. The zero-order valence-electron chi connectivity index (χ0n) is 5.81. The quantitative estimate of drug-likeness (QED) is 0.255. The Labute approximate surface area is 55.8 Å². The molecule has 0 N–H and O–H groups in total. The fraction of sp³-hybridized carbons (Fsp3) is 0.250. The smallest absolute Gasteiger partial charge is 0.0932 e. The topological polar surface area (TPSA) is 14.1 Å². The molecular weight excluding hydrogens is 110 g/mol. The van der Waals surface area contributed by atoms with Crippen LogP contribution in [0.1, 0.15) is 13.8 Å². The minimum Gasteiger partial charge on any atom is -0.0932 e. The Morgan fingerprint density at radius 1 is 1.44 bits per heavy atom. The molecule has 0 aliphatic heterocycles. The molecule has 0 spiro atoms. The molecule has 0 aromatic carbocycles. The maximum Gasteiger partial charge on any atom is 0.342 e. The van der Waals surface area contributed by atoms with E-state index in [1.54, 1.807) is 6.21 Å². The van der Waals surface area contributed by atoms with Crippen molar-refractivity contribution in [1.82, 2.24) is 4.67 Å². The van der Waals surface area contributed by atoms with Gasteiger partial charge in [-0.05, 0) is 6.08 Å². The van der Waals surface area contributed by atoms with Gasteiger partial charge in [-0.25, -0.2) is 0 Å². The normalized spacial score (nSPS) is 6.00. The fourth-order valence-corrected chi connectivity index (χ4v) is 0.258. The maximum absolute atomic E-state index is 3.93. The van der Waals surface area contributed by atoms with Gasteiger partial charge in [-0.2, -0.15) is 0 Å². The molecule has 0 aliphatic rings. The molecule has 0 bridgehead atoms. The summed E-state index contributed by atoms with van der Waals surface area (Å²) in [5, 5.41) is 0. The first-order valence-corrected chi connectivity index (χ1v) is 2.72. The van der Waals surface area contributed by atoms with Crippen molar-refractivity contribution < 1.29 is 0 Å². The minimum atomic E-state index is 1.01. The molecule has 0 heterocycles. The Bertz CT molecular complexity index is 202. The summed E-state index contributed by atoms with van der Waals surface area (Å²) in [6.07, 6.45) is 3.11. The van der Waals surface area contributed by atoms with Crippen LogP contribution in [0.3, 0.4) is 0 Å². The second-order valence-corrected chi connectivity index (χ2v) is 1.70. The van der Waals surface area contributed by atoms with Crippen molar-refractivity contribution >= 4 is 11.9 Å². The molecule has 0 unspecified atom stereocenters. The van der Waals surface area contributed by atoms with Crippen LogP contribution < -0.4 is 4.67 Å². The van der Waals surface area contributed by atoms with Crippen molar-refractivity contribution in [2.24, 2.45) is 0 Å². The van der Waals surface area contributed by atoms with E-state index in [4.69, 9.17) is 0 Å². The Balaban J connectivity index is 4.02. The molecular formula is C8H10N+. The second-order valence-electron chi connectivity index (χ2n) is 1.70. The average molecular weight is 120 g/mol. The summed E-state index contributed by atoms with van der Waals surface area (Å²) >= 11 is 0. The van der Waals surface area contributed by atoms with E-state index in [0.29, 0.717) is 0 Å². The molecule has 1 nitrogen and oxygen atoms in total. The van der Waals surface area contributed by atoms with E-state index >= 15 is 0 Å². The Morgan fingerprint density at radius 2 is 2.11 bits per heavy atom. The van der Waals surface area contributed by atoms with Crippen LogP contribution in [0, 0.1) is 11.8 Å². The van der Waals surface area contributed by atoms with Gasteiger partial charge in [0.15, 0.2) is 0 Å². The SMILES string of the molecule is C=CC#CC=[N+]=C(C)C. The van der Waals surface area contributed by atoms with E-state index in [-0.39, 0.29) is 0 Å². The van der Waals surface area contributed by atoms with Gasteiger partial charge < -0.3 is 0 Å². The molecule has 0 atom stereocenters. The van der Waals surface area contributed by atoms with Gasteiger partial charge in [0.25, 0.3) is 5.71 Å². The number of rotatable bonds is 0. The van der Waals surface area contributed by atoms with Crippen molar-refractivity contribution in [3.8, 4) is 11.8 Å². The monoisotopic (exact) mass is 120 g/mol. The number of nitrogens with zero attached hydrogens (tertiary/aromatic N) is 1. The van der Waals surface area contributed by atoms with Crippen LogP contribution in [0.5, 0.6) is 0 Å². The zero-order chi connectivity index (χ0) is 7.11. The Morgan fingerprint density at radius 3 is 2.56 bits per heavy atom. The highest BCUT2D eigenvalue weighted by atomic mass is 14.5. The van der Waals surface area contributed by atoms with Crippen molar-refractivity contribution in [2.75, 3.05) is 0 Å². The molecule has 0 aromatic rings. The number of allylic oxidation sites excluding steroid dienone is 1. The van der Waals surface area contributed by atoms with Crippen molar-refractivity contribution in [2.45, 2.75) is 13.8 Å². The zero-order valence-corrected chi connectivity index (χ0v) is 5.81. The largest absolute Gasteiger partial charge is 0.342 e. The van der Waals surface area contributed by atoms with Gasteiger partial charge in [-0.3, -0.25) is 0 Å². The molecule has 0 rings (SSSR count). The third-order valence-corrected chi connectivity index (χ3v) is 0.573. The predicted molar refractivity (Wildman–Crippen MR) is 42.5 cm³/mol. The van der Waals surface area contributed by atoms with Gasteiger partial charge in [-0.1, -0.05) is 17.2 Å². The lowest BCUT2D eigenvalue weighted by molar-refractivity contribution is 1.58. The number of hydrogen-bond donors (Lipinski definition) is 0. The maximum atomic E-state index is 3.93. The van der Waals surface area contributed by atoms with Crippen LogP contribution in [-0.4, -0.2) is 11.9 Å². The minimum absolute atomic E-state index is 1.01. The van der Waals surface area contributed by atoms with Gasteiger partial charge in [0.1, 0.15) is 0 Å². The van der Waals surface area contributed by atoms with Gasteiger partial charge in [0, 0.05) is 19.8 Å². The summed E-state index contributed by atoms with van der Waals surface area (Å²) in [5.41, 5.74) is 1.01.